The molecule has 0 amide bonds. The lowest BCUT2D eigenvalue weighted by molar-refractivity contribution is -0.138. The molecule has 98 valence electrons. The van der Waals surface area contributed by atoms with Crippen LogP contribution in [0.2, 0.25) is 0 Å². The minimum absolute atomic E-state index is 0.345. The van der Waals surface area contributed by atoms with Gasteiger partial charge in [-0.1, -0.05) is 6.58 Å². The maximum absolute atomic E-state index is 11.3. The van der Waals surface area contributed by atoms with E-state index in [9.17, 15) is 4.79 Å². The van der Waals surface area contributed by atoms with Gasteiger partial charge in [-0.3, -0.25) is 0 Å². The first-order chi connectivity index (χ1) is 8.58. The van der Waals surface area contributed by atoms with E-state index in [4.69, 9.17) is 9.47 Å². The molecule has 0 aliphatic rings. The third-order valence-corrected chi connectivity index (χ3v) is 2.84. The van der Waals surface area contributed by atoms with E-state index in [1.807, 2.05) is 18.2 Å². The van der Waals surface area contributed by atoms with Crippen LogP contribution in [0, 0.1) is 0 Å². The summed E-state index contributed by atoms with van der Waals surface area (Å²) in [4.78, 5) is 11.3. The lowest BCUT2D eigenvalue weighted by Gasteiger charge is -2.10. The summed E-state index contributed by atoms with van der Waals surface area (Å²) in [7, 11) is 1.61. The number of hydrogen-bond donors (Lipinski definition) is 1. The van der Waals surface area contributed by atoms with Crippen molar-refractivity contribution in [1.82, 2.24) is 0 Å². The Morgan fingerprint density at radius 2 is 2.22 bits per heavy atom. The summed E-state index contributed by atoms with van der Waals surface area (Å²) in [5.41, 5.74) is 1.26. The molecule has 1 aromatic rings. The Labute approximate surface area is 115 Å². The molecule has 0 heterocycles. The van der Waals surface area contributed by atoms with E-state index >= 15 is 0 Å². The zero-order valence-electron chi connectivity index (χ0n) is 10.5. The molecule has 4 nitrogen and oxygen atoms in total. The van der Waals surface area contributed by atoms with Crippen molar-refractivity contribution in [2.24, 2.45) is 0 Å². The highest BCUT2D eigenvalue weighted by Gasteiger charge is 2.07. The molecule has 18 heavy (non-hydrogen) atoms. The number of ether oxygens (including phenoxy) is 2. The van der Waals surface area contributed by atoms with Gasteiger partial charge in [0.1, 0.15) is 5.75 Å². The van der Waals surface area contributed by atoms with Gasteiger partial charge in [0.2, 0.25) is 0 Å². The molecule has 0 saturated carbocycles. The maximum Gasteiger partial charge on any atom is 0.335 e. The zero-order chi connectivity index (χ0) is 13.5. The monoisotopic (exact) mass is 313 g/mol. The Hall–Kier alpha value is -1.49. The summed E-state index contributed by atoms with van der Waals surface area (Å²) in [6.45, 7) is 6.13. The number of esters is 1. The average molecular weight is 314 g/mol. The first-order valence-corrected chi connectivity index (χ1v) is 6.30. The van der Waals surface area contributed by atoms with Crippen LogP contribution in [0.3, 0.4) is 0 Å². The summed E-state index contributed by atoms with van der Waals surface area (Å²) >= 11 is 3.39. The summed E-state index contributed by atoms with van der Waals surface area (Å²) < 4.78 is 10.8. The molecular formula is C13H16BrNO3. The molecule has 0 aromatic heterocycles. The van der Waals surface area contributed by atoms with Gasteiger partial charge in [0, 0.05) is 17.8 Å². The smallest absolute Gasteiger partial charge is 0.335 e. The Balaban J connectivity index is 2.56. The summed E-state index contributed by atoms with van der Waals surface area (Å²) in [5.74, 6) is 0.377. The number of rotatable bonds is 6. The molecule has 0 bridgehead atoms. The fraction of sp³-hybridized carbons (Fsp3) is 0.308. The highest BCUT2D eigenvalue weighted by Crippen LogP contribution is 2.27. The Kier molecular flexibility index (Phi) is 5.71. The van der Waals surface area contributed by atoms with Crippen LogP contribution in [0.1, 0.15) is 6.92 Å². The number of benzene rings is 1. The van der Waals surface area contributed by atoms with Crippen molar-refractivity contribution in [2.75, 3.05) is 25.6 Å². The van der Waals surface area contributed by atoms with Crippen LogP contribution >= 0.6 is 15.9 Å². The third kappa shape index (κ3) is 4.07. The fourth-order valence-corrected chi connectivity index (χ4v) is 1.83. The van der Waals surface area contributed by atoms with E-state index in [1.165, 1.54) is 0 Å². The van der Waals surface area contributed by atoms with Gasteiger partial charge in [-0.2, -0.15) is 0 Å². The summed E-state index contributed by atoms with van der Waals surface area (Å²) in [6.07, 6.45) is 0. The van der Waals surface area contributed by atoms with Gasteiger partial charge in [-0.15, -0.1) is 0 Å². The van der Waals surface area contributed by atoms with Crippen LogP contribution in [-0.4, -0.2) is 26.2 Å². The van der Waals surface area contributed by atoms with Crippen molar-refractivity contribution in [3.8, 4) is 5.75 Å². The molecule has 0 unspecified atom stereocenters. The number of hydrogen-bond acceptors (Lipinski definition) is 4. The lowest BCUT2D eigenvalue weighted by Crippen LogP contribution is -2.14. The second kappa shape index (κ2) is 7.06. The number of anilines is 1. The molecule has 0 aliphatic carbocycles. The number of carbonyl (C=O) groups excluding carboxylic acids is 1. The maximum atomic E-state index is 11.3. The van der Waals surface area contributed by atoms with Crippen LogP contribution in [0.15, 0.2) is 34.8 Å². The van der Waals surface area contributed by atoms with Crippen LogP contribution < -0.4 is 10.1 Å². The van der Waals surface area contributed by atoms with E-state index in [0.29, 0.717) is 18.7 Å². The van der Waals surface area contributed by atoms with Crippen molar-refractivity contribution in [2.45, 2.75) is 6.92 Å². The minimum atomic E-state index is -0.377. The van der Waals surface area contributed by atoms with E-state index in [1.54, 1.807) is 14.0 Å². The number of methoxy groups -OCH3 is 1. The van der Waals surface area contributed by atoms with Crippen LogP contribution in [0.4, 0.5) is 5.69 Å². The second-order valence-electron chi connectivity index (χ2n) is 3.53. The summed E-state index contributed by atoms with van der Waals surface area (Å²) in [5, 5.41) is 3.09. The average Bonchev–Trinajstić information content (AvgIpc) is 2.36. The van der Waals surface area contributed by atoms with E-state index in [-0.39, 0.29) is 5.97 Å². The molecule has 1 rings (SSSR count). The van der Waals surface area contributed by atoms with Crippen LogP contribution in [0.25, 0.3) is 0 Å². The molecular weight excluding hydrogens is 298 g/mol. The van der Waals surface area contributed by atoms with Crippen molar-refractivity contribution in [3.63, 3.8) is 0 Å². The number of carbonyl (C=O) groups is 1. The van der Waals surface area contributed by atoms with E-state index in [2.05, 4.69) is 27.8 Å². The highest BCUT2D eigenvalue weighted by molar-refractivity contribution is 9.10. The van der Waals surface area contributed by atoms with Crippen molar-refractivity contribution >= 4 is 27.6 Å². The van der Waals surface area contributed by atoms with Gasteiger partial charge in [-0.05, 0) is 41.1 Å². The Morgan fingerprint density at radius 3 is 2.78 bits per heavy atom. The molecule has 5 heteroatoms. The molecule has 1 aromatic carbocycles. The standard InChI is InChI=1S/C13H16BrNO3/c1-4-18-13(16)9(2)8-15-10-5-6-12(17-3)11(14)7-10/h5-7,15H,2,4,8H2,1,3H3. The molecule has 1 N–H and O–H groups in total. The SMILES string of the molecule is C=C(CNc1ccc(OC)c(Br)c1)C(=O)OCC. The van der Waals surface area contributed by atoms with Gasteiger partial charge in [-0.25, -0.2) is 4.79 Å². The van der Waals surface area contributed by atoms with Gasteiger partial charge in [0.25, 0.3) is 0 Å². The van der Waals surface area contributed by atoms with Crippen molar-refractivity contribution in [1.29, 1.82) is 0 Å². The second-order valence-corrected chi connectivity index (χ2v) is 4.38. The van der Waals surface area contributed by atoms with Crippen LogP contribution in [-0.2, 0) is 9.53 Å². The van der Waals surface area contributed by atoms with Crippen molar-refractivity contribution < 1.29 is 14.3 Å². The van der Waals surface area contributed by atoms with Gasteiger partial charge < -0.3 is 14.8 Å². The number of nitrogens with one attached hydrogen (secondary N) is 1. The molecule has 0 saturated heterocycles. The van der Waals surface area contributed by atoms with E-state index < -0.39 is 0 Å². The predicted octanol–water partition coefficient (Wildman–Crippen LogP) is 2.99. The first-order valence-electron chi connectivity index (χ1n) is 5.50. The summed E-state index contributed by atoms with van der Waals surface area (Å²) in [6, 6.07) is 5.57. The minimum Gasteiger partial charge on any atom is -0.496 e. The lowest BCUT2D eigenvalue weighted by atomic mass is 10.2. The quantitative estimate of drug-likeness (QED) is 0.648. The van der Waals surface area contributed by atoms with Crippen LogP contribution in [0.5, 0.6) is 5.75 Å². The van der Waals surface area contributed by atoms with Crippen molar-refractivity contribution in [3.05, 3.63) is 34.8 Å². The first kappa shape index (κ1) is 14.6. The molecule has 0 aliphatic heterocycles. The third-order valence-electron chi connectivity index (χ3n) is 2.22. The zero-order valence-corrected chi connectivity index (χ0v) is 12.0. The molecule has 0 spiro atoms. The molecule has 0 radical (unpaired) electrons. The Bertz CT molecular complexity index is 446. The normalized spacial score (nSPS) is 9.72. The molecule has 0 fully saturated rings. The Morgan fingerprint density at radius 1 is 1.50 bits per heavy atom. The van der Waals surface area contributed by atoms with Gasteiger partial charge >= 0.3 is 5.97 Å². The topological polar surface area (TPSA) is 47.6 Å². The highest BCUT2D eigenvalue weighted by atomic mass is 79.9. The predicted molar refractivity (Wildman–Crippen MR) is 75.0 cm³/mol. The number of halogens is 1. The largest absolute Gasteiger partial charge is 0.496 e. The molecule has 0 atom stereocenters. The van der Waals surface area contributed by atoms with E-state index in [0.717, 1.165) is 15.9 Å². The van der Waals surface area contributed by atoms with Gasteiger partial charge in [0.15, 0.2) is 0 Å². The van der Waals surface area contributed by atoms with Gasteiger partial charge in [0.05, 0.1) is 18.2 Å². The fourth-order valence-electron chi connectivity index (χ4n) is 1.29.